The van der Waals surface area contributed by atoms with E-state index in [-0.39, 0.29) is 18.1 Å². The summed E-state index contributed by atoms with van der Waals surface area (Å²) in [5.74, 6) is -0.0420. The number of anilines is 1. The molecule has 2 rings (SSSR count). The second kappa shape index (κ2) is 6.66. The van der Waals surface area contributed by atoms with Crippen LogP contribution in [0, 0.1) is 0 Å². The third kappa shape index (κ3) is 3.89. The molecule has 2 aromatic carbocycles. The van der Waals surface area contributed by atoms with Gasteiger partial charge in [0.2, 0.25) is 0 Å². The zero-order chi connectivity index (χ0) is 15.2. The Labute approximate surface area is 124 Å². The fourth-order valence-corrected chi connectivity index (χ4v) is 1.83. The van der Waals surface area contributed by atoms with Gasteiger partial charge in [0.15, 0.2) is 11.6 Å². The molecule has 0 aromatic heterocycles. The summed E-state index contributed by atoms with van der Waals surface area (Å²) in [5.41, 5.74) is 2.61. The third-order valence-electron chi connectivity index (χ3n) is 3.11. The van der Waals surface area contributed by atoms with Gasteiger partial charge in [-0.25, -0.2) is 0 Å². The predicted octanol–water partition coefficient (Wildman–Crippen LogP) is 3.47. The van der Waals surface area contributed by atoms with Crippen LogP contribution < -0.4 is 5.32 Å². The zero-order valence-electron chi connectivity index (χ0n) is 11.9. The second-order valence-corrected chi connectivity index (χ2v) is 4.83. The first-order valence-electron chi connectivity index (χ1n) is 6.70. The minimum atomic E-state index is -0.0283. The first kappa shape index (κ1) is 14.7. The summed E-state index contributed by atoms with van der Waals surface area (Å²) in [6.45, 7) is 5.50. The summed E-state index contributed by atoms with van der Waals surface area (Å²) in [7, 11) is 0. The Balaban J connectivity index is 2.04. The number of nitrogens with one attached hydrogen (secondary N) is 1. The van der Waals surface area contributed by atoms with Crippen LogP contribution in [0.15, 0.2) is 66.7 Å². The van der Waals surface area contributed by atoms with Gasteiger partial charge in [0, 0.05) is 16.8 Å². The van der Waals surface area contributed by atoms with Crippen molar-refractivity contribution in [1.29, 1.82) is 0 Å². The molecule has 3 nitrogen and oxygen atoms in total. The lowest BCUT2D eigenvalue weighted by Gasteiger charge is -2.07. The first-order valence-corrected chi connectivity index (χ1v) is 6.70. The lowest BCUT2D eigenvalue weighted by molar-refractivity contribution is -0.113. The van der Waals surface area contributed by atoms with Crippen molar-refractivity contribution in [2.75, 3.05) is 11.9 Å². The molecule has 0 aliphatic carbocycles. The van der Waals surface area contributed by atoms with E-state index in [1.807, 2.05) is 18.2 Å². The van der Waals surface area contributed by atoms with E-state index in [1.54, 1.807) is 43.3 Å². The van der Waals surface area contributed by atoms with Gasteiger partial charge in [-0.3, -0.25) is 9.59 Å². The topological polar surface area (TPSA) is 46.2 Å². The van der Waals surface area contributed by atoms with E-state index in [0.29, 0.717) is 16.7 Å². The average Bonchev–Trinajstić information content (AvgIpc) is 2.53. The quantitative estimate of drug-likeness (QED) is 0.650. The number of rotatable bonds is 6. The highest BCUT2D eigenvalue weighted by Gasteiger charge is 2.08. The molecule has 106 valence electrons. The van der Waals surface area contributed by atoms with Crippen molar-refractivity contribution in [2.24, 2.45) is 0 Å². The van der Waals surface area contributed by atoms with Gasteiger partial charge < -0.3 is 5.32 Å². The molecule has 0 unspecified atom stereocenters. The maximum atomic E-state index is 12.2. The highest BCUT2D eigenvalue weighted by atomic mass is 16.1. The molecule has 0 aliphatic heterocycles. The molecular weight excluding hydrogens is 262 g/mol. The van der Waals surface area contributed by atoms with Crippen LogP contribution >= 0.6 is 0 Å². The van der Waals surface area contributed by atoms with Crippen molar-refractivity contribution >= 4 is 17.3 Å². The van der Waals surface area contributed by atoms with Crippen molar-refractivity contribution in [3.8, 4) is 0 Å². The Hall–Kier alpha value is -2.68. The molecule has 0 spiro atoms. The van der Waals surface area contributed by atoms with Gasteiger partial charge in [-0.15, -0.1) is 0 Å². The minimum Gasteiger partial charge on any atom is -0.378 e. The molecule has 0 fully saturated rings. The molecule has 1 N–H and O–H groups in total. The molecule has 21 heavy (non-hydrogen) atoms. The monoisotopic (exact) mass is 279 g/mol. The van der Waals surface area contributed by atoms with Crippen molar-refractivity contribution in [3.05, 3.63) is 77.9 Å². The molecule has 0 atom stereocenters. The van der Waals surface area contributed by atoms with Gasteiger partial charge >= 0.3 is 0 Å². The molecular formula is C18H17NO2. The average molecular weight is 279 g/mol. The van der Waals surface area contributed by atoms with E-state index in [9.17, 15) is 9.59 Å². The molecule has 0 saturated carbocycles. The summed E-state index contributed by atoms with van der Waals surface area (Å²) < 4.78 is 0. The maximum Gasteiger partial charge on any atom is 0.193 e. The Morgan fingerprint density at radius 2 is 1.52 bits per heavy atom. The molecule has 0 aliphatic rings. The number of benzene rings is 2. The van der Waals surface area contributed by atoms with E-state index in [0.717, 1.165) is 5.69 Å². The smallest absolute Gasteiger partial charge is 0.193 e. The van der Waals surface area contributed by atoms with Crippen molar-refractivity contribution in [1.82, 2.24) is 0 Å². The Kier molecular flexibility index (Phi) is 4.67. The predicted molar refractivity (Wildman–Crippen MR) is 84.6 cm³/mol. The highest BCUT2D eigenvalue weighted by molar-refractivity contribution is 6.09. The second-order valence-electron chi connectivity index (χ2n) is 4.83. The summed E-state index contributed by atoms with van der Waals surface area (Å²) in [6.07, 6.45) is 0. The van der Waals surface area contributed by atoms with Crippen molar-refractivity contribution < 1.29 is 9.59 Å². The molecule has 0 amide bonds. The summed E-state index contributed by atoms with van der Waals surface area (Å²) in [6, 6.07) is 16.2. The van der Waals surface area contributed by atoms with Crippen LogP contribution in [0.3, 0.4) is 0 Å². The molecule has 0 bridgehead atoms. The Morgan fingerprint density at radius 3 is 2.10 bits per heavy atom. The lowest BCUT2D eigenvalue weighted by Crippen LogP contribution is -2.14. The van der Waals surface area contributed by atoms with Crippen LogP contribution in [0.25, 0.3) is 0 Å². The number of ketones is 2. The number of carbonyl (C=O) groups is 2. The van der Waals surface area contributed by atoms with E-state index < -0.39 is 0 Å². The number of carbonyl (C=O) groups excluding carboxylic acids is 2. The van der Waals surface area contributed by atoms with Crippen LogP contribution in [0.2, 0.25) is 0 Å². The fourth-order valence-electron chi connectivity index (χ4n) is 1.83. The molecule has 2 aromatic rings. The van der Waals surface area contributed by atoms with Gasteiger partial charge in [0.1, 0.15) is 0 Å². The minimum absolute atomic E-state index is 0.0137. The van der Waals surface area contributed by atoms with Crippen LogP contribution in [-0.2, 0) is 4.79 Å². The van der Waals surface area contributed by atoms with Gasteiger partial charge in [-0.1, -0.05) is 36.9 Å². The van der Waals surface area contributed by atoms with E-state index >= 15 is 0 Å². The Bertz CT molecular complexity index is 657. The first-order chi connectivity index (χ1) is 10.1. The van der Waals surface area contributed by atoms with E-state index in [1.165, 1.54) is 0 Å². The molecule has 0 heterocycles. The lowest BCUT2D eigenvalue weighted by atomic mass is 10.0. The maximum absolute atomic E-state index is 12.2. The summed E-state index contributed by atoms with van der Waals surface area (Å²) in [4.78, 5) is 23.7. The molecule has 0 saturated heterocycles. The van der Waals surface area contributed by atoms with E-state index in [2.05, 4.69) is 11.9 Å². The number of Topliss-reactive ketones (excluding diaryl/α,β-unsaturated/α-hetero) is 1. The largest absolute Gasteiger partial charge is 0.378 e. The normalized spacial score (nSPS) is 9.95. The molecule has 3 heteroatoms. The van der Waals surface area contributed by atoms with Gasteiger partial charge in [0.25, 0.3) is 0 Å². The van der Waals surface area contributed by atoms with Crippen molar-refractivity contribution in [3.63, 3.8) is 0 Å². The number of hydrogen-bond donors (Lipinski definition) is 1. The van der Waals surface area contributed by atoms with Crippen LogP contribution in [-0.4, -0.2) is 18.1 Å². The highest BCUT2D eigenvalue weighted by Crippen LogP contribution is 2.13. The van der Waals surface area contributed by atoms with Gasteiger partial charge in [-0.05, 0) is 36.8 Å². The van der Waals surface area contributed by atoms with Crippen LogP contribution in [0.5, 0.6) is 0 Å². The van der Waals surface area contributed by atoms with Crippen molar-refractivity contribution in [2.45, 2.75) is 6.92 Å². The number of hydrogen-bond acceptors (Lipinski definition) is 3. The summed E-state index contributed by atoms with van der Waals surface area (Å²) in [5, 5.41) is 3.01. The third-order valence-corrected chi connectivity index (χ3v) is 3.11. The Morgan fingerprint density at radius 1 is 0.952 bits per heavy atom. The van der Waals surface area contributed by atoms with Gasteiger partial charge in [-0.2, -0.15) is 0 Å². The summed E-state index contributed by atoms with van der Waals surface area (Å²) >= 11 is 0. The fraction of sp³-hybridized carbons (Fsp3) is 0.111. The van der Waals surface area contributed by atoms with Crippen LogP contribution in [0.4, 0.5) is 5.69 Å². The molecule has 0 radical (unpaired) electrons. The van der Waals surface area contributed by atoms with Crippen LogP contribution in [0.1, 0.15) is 22.8 Å². The van der Waals surface area contributed by atoms with Gasteiger partial charge in [0.05, 0.1) is 6.54 Å². The zero-order valence-corrected chi connectivity index (χ0v) is 11.9. The standard InChI is InChI=1S/C18H17NO2/c1-13(2)17(20)12-19-16-10-8-15(9-11-16)18(21)14-6-4-3-5-7-14/h3-11,19H,1,12H2,2H3. The van der Waals surface area contributed by atoms with E-state index in [4.69, 9.17) is 0 Å². The SMILES string of the molecule is C=C(C)C(=O)CNc1ccc(C(=O)c2ccccc2)cc1.